The first-order chi connectivity index (χ1) is 13.7. The maximum atomic E-state index is 9.69. The van der Waals surface area contributed by atoms with Crippen molar-refractivity contribution in [3.05, 3.63) is 46.3 Å². The number of fused-ring (bicyclic) bond motifs is 1. The van der Waals surface area contributed by atoms with Gasteiger partial charge in [0, 0.05) is 37.4 Å². The van der Waals surface area contributed by atoms with Crippen LogP contribution in [0.3, 0.4) is 0 Å². The van der Waals surface area contributed by atoms with E-state index in [4.69, 9.17) is 9.97 Å². The third-order valence-electron chi connectivity index (χ3n) is 5.57. The SMILES string of the molecule is OC1CCN(c2ccc(Cc3nc(NC4CC4)c4[nH]cc(Br)c4n3)cc2)CC1. The molecule has 146 valence electrons. The van der Waals surface area contributed by atoms with Crippen LogP contribution in [0.2, 0.25) is 0 Å². The van der Waals surface area contributed by atoms with Crippen molar-refractivity contribution in [2.75, 3.05) is 23.3 Å². The lowest BCUT2D eigenvalue weighted by atomic mass is 10.1. The van der Waals surface area contributed by atoms with Crippen molar-refractivity contribution in [1.29, 1.82) is 0 Å². The topological polar surface area (TPSA) is 77.1 Å². The predicted octanol–water partition coefficient (Wildman–Crippen LogP) is 3.85. The number of piperidine rings is 1. The Balaban J connectivity index is 1.36. The van der Waals surface area contributed by atoms with E-state index in [0.717, 1.165) is 53.1 Å². The number of benzene rings is 1. The summed E-state index contributed by atoms with van der Waals surface area (Å²) in [5.41, 5.74) is 4.31. The zero-order valence-electron chi connectivity index (χ0n) is 15.7. The van der Waals surface area contributed by atoms with Crippen molar-refractivity contribution in [3.8, 4) is 0 Å². The van der Waals surface area contributed by atoms with E-state index >= 15 is 0 Å². The molecule has 5 rings (SSSR count). The Kier molecular flexibility index (Phi) is 4.72. The second kappa shape index (κ2) is 7.37. The first kappa shape index (κ1) is 17.9. The average molecular weight is 442 g/mol. The minimum Gasteiger partial charge on any atom is -0.393 e. The van der Waals surface area contributed by atoms with Crippen LogP contribution < -0.4 is 10.2 Å². The van der Waals surface area contributed by atoms with E-state index in [-0.39, 0.29) is 6.10 Å². The molecule has 1 saturated carbocycles. The van der Waals surface area contributed by atoms with Gasteiger partial charge in [-0.1, -0.05) is 12.1 Å². The summed E-state index contributed by atoms with van der Waals surface area (Å²) in [5.74, 6) is 1.72. The van der Waals surface area contributed by atoms with Gasteiger partial charge >= 0.3 is 0 Å². The molecule has 0 atom stereocenters. The van der Waals surface area contributed by atoms with Crippen LogP contribution in [0.15, 0.2) is 34.9 Å². The lowest BCUT2D eigenvalue weighted by Crippen LogP contribution is -2.35. The van der Waals surface area contributed by atoms with Crippen molar-refractivity contribution in [1.82, 2.24) is 15.0 Å². The second-order valence-electron chi connectivity index (χ2n) is 7.83. The maximum Gasteiger partial charge on any atom is 0.154 e. The Labute approximate surface area is 172 Å². The molecule has 3 heterocycles. The molecule has 6 nitrogen and oxygen atoms in total. The van der Waals surface area contributed by atoms with Crippen LogP contribution in [0.25, 0.3) is 11.0 Å². The molecule has 7 heteroatoms. The number of aromatic nitrogens is 3. The smallest absolute Gasteiger partial charge is 0.154 e. The monoisotopic (exact) mass is 441 g/mol. The van der Waals surface area contributed by atoms with Gasteiger partial charge in [-0.25, -0.2) is 9.97 Å². The van der Waals surface area contributed by atoms with Gasteiger partial charge < -0.3 is 20.3 Å². The summed E-state index contributed by atoms with van der Waals surface area (Å²) >= 11 is 3.59. The molecule has 2 aromatic heterocycles. The van der Waals surface area contributed by atoms with Crippen molar-refractivity contribution in [2.45, 2.75) is 44.2 Å². The highest BCUT2D eigenvalue weighted by atomic mass is 79.9. The molecule has 1 aliphatic heterocycles. The molecule has 0 bridgehead atoms. The summed E-state index contributed by atoms with van der Waals surface area (Å²) in [6.07, 6.45) is 6.58. The Morgan fingerprint density at radius 3 is 2.57 bits per heavy atom. The van der Waals surface area contributed by atoms with Crippen molar-refractivity contribution < 1.29 is 5.11 Å². The standard InChI is InChI=1S/C21H24BrN5O/c22-17-12-23-20-19(17)25-18(26-21(20)24-14-3-4-14)11-13-1-5-15(6-2-13)27-9-7-16(28)8-10-27/h1-2,5-6,12,14,16,23,28H,3-4,7-11H2,(H,24,25,26). The van der Waals surface area contributed by atoms with E-state index in [1.165, 1.54) is 24.1 Å². The molecular formula is C21H24BrN5O. The summed E-state index contributed by atoms with van der Waals surface area (Å²) < 4.78 is 0.965. The Hall–Kier alpha value is -2.12. The fourth-order valence-corrected chi connectivity index (χ4v) is 4.16. The number of nitrogens with one attached hydrogen (secondary N) is 2. The van der Waals surface area contributed by atoms with Gasteiger partial charge in [-0.15, -0.1) is 0 Å². The van der Waals surface area contributed by atoms with Crippen LogP contribution in [0.5, 0.6) is 0 Å². The van der Waals surface area contributed by atoms with Crippen LogP contribution in [-0.2, 0) is 6.42 Å². The largest absolute Gasteiger partial charge is 0.393 e. The fraction of sp³-hybridized carbons (Fsp3) is 0.429. The lowest BCUT2D eigenvalue weighted by Gasteiger charge is -2.31. The van der Waals surface area contributed by atoms with Crippen molar-refractivity contribution in [3.63, 3.8) is 0 Å². The second-order valence-corrected chi connectivity index (χ2v) is 8.68. The summed E-state index contributed by atoms with van der Waals surface area (Å²) in [4.78, 5) is 15.2. The number of anilines is 2. The zero-order chi connectivity index (χ0) is 19.1. The molecule has 1 aliphatic carbocycles. The van der Waals surface area contributed by atoms with Gasteiger partial charge in [-0.3, -0.25) is 0 Å². The molecule has 3 N–H and O–H groups in total. The molecule has 1 saturated heterocycles. The highest BCUT2D eigenvalue weighted by Gasteiger charge is 2.24. The van der Waals surface area contributed by atoms with E-state index < -0.39 is 0 Å². The van der Waals surface area contributed by atoms with Gasteiger partial charge in [0.2, 0.25) is 0 Å². The molecule has 3 aromatic rings. The van der Waals surface area contributed by atoms with Gasteiger partial charge in [0.25, 0.3) is 0 Å². The molecule has 0 spiro atoms. The average Bonchev–Trinajstić information content (AvgIpc) is 3.44. The highest BCUT2D eigenvalue weighted by molar-refractivity contribution is 9.10. The maximum absolute atomic E-state index is 9.69. The Morgan fingerprint density at radius 2 is 1.86 bits per heavy atom. The first-order valence-electron chi connectivity index (χ1n) is 9.98. The molecule has 1 aromatic carbocycles. The third-order valence-corrected chi connectivity index (χ3v) is 6.18. The Morgan fingerprint density at radius 1 is 1.11 bits per heavy atom. The zero-order valence-corrected chi connectivity index (χ0v) is 17.2. The molecule has 28 heavy (non-hydrogen) atoms. The van der Waals surface area contributed by atoms with Gasteiger partial charge in [0.15, 0.2) is 5.82 Å². The van der Waals surface area contributed by atoms with Crippen LogP contribution in [0, 0.1) is 0 Å². The van der Waals surface area contributed by atoms with Crippen molar-refractivity contribution >= 4 is 38.5 Å². The van der Waals surface area contributed by atoms with E-state index in [2.05, 4.69) is 55.4 Å². The number of aliphatic hydroxyl groups is 1. The summed E-state index contributed by atoms with van der Waals surface area (Å²) in [6, 6.07) is 9.19. The summed E-state index contributed by atoms with van der Waals surface area (Å²) in [6.45, 7) is 1.83. The van der Waals surface area contributed by atoms with E-state index in [0.29, 0.717) is 12.5 Å². The molecule has 0 amide bonds. The quantitative estimate of drug-likeness (QED) is 0.560. The van der Waals surface area contributed by atoms with Gasteiger partial charge in [0.1, 0.15) is 16.9 Å². The number of hydrogen-bond donors (Lipinski definition) is 3. The normalized spacial score (nSPS) is 18.0. The van der Waals surface area contributed by atoms with Gasteiger partial charge in [0.05, 0.1) is 10.6 Å². The van der Waals surface area contributed by atoms with Crippen LogP contribution in [0.1, 0.15) is 37.1 Å². The third kappa shape index (κ3) is 3.73. The number of halogens is 1. The van der Waals surface area contributed by atoms with E-state index in [1.807, 2.05) is 6.20 Å². The number of hydrogen-bond acceptors (Lipinski definition) is 5. The number of rotatable bonds is 5. The molecule has 2 fully saturated rings. The minimum atomic E-state index is -0.145. The molecule has 0 unspecified atom stereocenters. The fourth-order valence-electron chi connectivity index (χ4n) is 3.76. The number of H-pyrrole nitrogens is 1. The number of aromatic amines is 1. The summed E-state index contributed by atoms with van der Waals surface area (Å²) in [7, 11) is 0. The van der Waals surface area contributed by atoms with Crippen LogP contribution >= 0.6 is 15.9 Å². The minimum absolute atomic E-state index is 0.145. The van der Waals surface area contributed by atoms with E-state index in [9.17, 15) is 5.11 Å². The molecule has 0 radical (unpaired) electrons. The first-order valence-corrected chi connectivity index (χ1v) is 10.8. The van der Waals surface area contributed by atoms with E-state index in [1.54, 1.807) is 0 Å². The summed E-state index contributed by atoms with van der Waals surface area (Å²) in [5, 5.41) is 13.2. The lowest BCUT2D eigenvalue weighted by molar-refractivity contribution is 0.145. The van der Waals surface area contributed by atoms with Crippen LogP contribution in [0.4, 0.5) is 11.5 Å². The number of aliphatic hydroxyl groups excluding tert-OH is 1. The predicted molar refractivity (Wildman–Crippen MR) is 115 cm³/mol. The highest BCUT2D eigenvalue weighted by Crippen LogP contribution is 2.31. The molecular weight excluding hydrogens is 418 g/mol. The van der Waals surface area contributed by atoms with Crippen LogP contribution in [-0.4, -0.2) is 45.3 Å². The number of nitrogens with zero attached hydrogens (tertiary/aromatic N) is 3. The Bertz CT molecular complexity index is 974. The van der Waals surface area contributed by atoms with Gasteiger partial charge in [-0.2, -0.15) is 0 Å². The van der Waals surface area contributed by atoms with Gasteiger partial charge in [-0.05, 0) is 59.3 Å². The van der Waals surface area contributed by atoms with Crippen molar-refractivity contribution in [2.24, 2.45) is 0 Å². The molecule has 2 aliphatic rings.